The van der Waals surface area contributed by atoms with Gasteiger partial charge in [0.15, 0.2) is 0 Å². The van der Waals surface area contributed by atoms with Gasteiger partial charge in [-0.05, 0) is 12.1 Å². The highest BCUT2D eigenvalue weighted by Crippen LogP contribution is 2.14. The molecule has 2 aromatic rings. The summed E-state index contributed by atoms with van der Waals surface area (Å²) in [5.74, 6) is 0.702. The zero-order valence-electron chi connectivity index (χ0n) is 6.92. The molecule has 1 aromatic heterocycles. The van der Waals surface area contributed by atoms with Crippen LogP contribution in [0.1, 0.15) is 0 Å². The van der Waals surface area contributed by atoms with Gasteiger partial charge >= 0.3 is 0 Å². The molecule has 0 saturated heterocycles. The summed E-state index contributed by atoms with van der Waals surface area (Å²) in [4.78, 5) is 3.85. The average Bonchev–Trinajstić information content (AvgIpc) is 2.71. The fourth-order valence-corrected chi connectivity index (χ4v) is 1.06. The lowest BCUT2D eigenvalue weighted by atomic mass is 10.3. The lowest BCUT2D eigenvalue weighted by Crippen LogP contribution is -1.93. The Morgan fingerprint density at radius 2 is 2.31 bits per heavy atom. The van der Waals surface area contributed by atoms with Crippen LogP contribution in [-0.4, -0.2) is 14.8 Å². The topological polar surface area (TPSA) is 39.9 Å². The van der Waals surface area contributed by atoms with Gasteiger partial charge in [0.2, 0.25) is 0 Å². The molecular weight excluding hydrogens is 166 g/mol. The van der Waals surface area contributed by atoms with E-state index in [1.807, 2.05) is 24.3 Å². The summed E-state index contributed by atoms with van der Waals surface area (Å²) < 4.78 is 6.50. The van der Waals surface area contributed by atoms with E-state index in [0.717, 1.165) is 5.69 Å². The molecule has 0 aliphatic heterocycles. The summed E-state index contributed by atoms with van der Waals surface area (Å²) in [7, 11) is 3.33. The summed E-state index contributed by atoms with van der Waals surface area (Å²) in [6.07, 6.45) is 3.11. The Hall–Kier alpha value is -1.84. The van der Waals surface area contributed by atoms with Gasteiger partial charge < -0.3 is 4.74 Å². The van der Waals surface area contributed by atoms with Crippen LogP contribution in [0.2, 0.25) is 0 Å². The highest BCUT2D eigenvalue weighted by atomic mass is 16.5. The van der Waals surface area contributed by atoms with Gasteiger partial charge in [-0.25, -0.2) is 9.67 Å². The highest BCUT2D eigenvalue weighted by Gasteiger charge is 1.97. The third kappa shape index (κ3) is 1.51. The molecule has 2 rings (SSSR count). The molecule has 4 nitrogen and oxygen atoms in total. The summed E-state index contributed by atoms with van der Waals surface area (Å²) in [6.45, 7) is 0. The standard InChI is InChI=1S/C9H8N3O/c1-13-9-4-2-3-8(5-9)12-7-10-6-11-12/h2-7H,1H2. The molecule has 1 aromatic carbocycles. The Balaban J connectivity index is 2.41. The maximum Gasteiger partial charge on any atom is 0.138 e. The summed E-state index contributed by atoms with van der Waals surface area (Å²) >= 11 is 0. The van der Waals surface area contributed by atoms with Crippen LogP contribution in [0.25, 0.3) is 5.69 Å². The van der Waals surface area contributed by atoms with Gasteiger partial charge in [-0.3, -0.25) is 0 Å². The Bertz CT molecular complexity index is 384. The van der Waals surface area contributed by atoms with Crippen molar-refractivity contribution in [3.05, 3.63) is 44.0 Å². The number of nitrogens with zero attached hydrogens (tertiary/aromatic N) is 3. The predicted molar refractivity (Wildman–Crippen MR) is 47.3 cm³/mol. The van der Waals surface area contributed by atoms with Gasteiger partial charge in [-0.2, -0.15) is 5.10 Å². The lowest BCUT2D eigenvalue weighted by molar-refractivity contribution is 0.472. The molecule has 0 bridgehead atoms. The molecule has 0 fully saturated rings. The number of hydrogen-bond donors (Lipinski definition) is 0. The number of benzene rings is 1. The van der Waals surface area contributed by atoms with Crippen LogP contribution in [0.4, 0.5) is 0 Å². The molecule has 0 saturated carbocycles. The molecule has 0 spiro atoms. The number of rotatable bonds is 2. The normalized spacial score (nSPS) is 9.92. The van der Waals surface area contributed by atoms with E-state index in [1.54, 1.807) is 11.0 Å². The van der Waals surface area contributed by atoms with E-state index in [4.69, 9.17) is 4.74 Å². The Morgan fingerprint density at radius 3 is 3.00 bits per heavy atom. The van der Waals surface area contributed by atoms with Crippen LogP contribution in [-0.2, 0) is 0 Å². The van der Waals surface area contributed by atoms with Crippen molar-refractivity contribution in [3.63, 3.8) is 0 Å². The zero-order valence-corrected chi connectivity index (χ0v) is 6.92. The monoisotopic (exact) mass is 174 g/mol. The summed E-state index contributed by atoms with van der Waals surface area (Å²) in [5, 5.41) is 3.99. The number of hydrogen-bond acceptors (Lipinski definition) is 3. The van der Waals surface area contributed by atoms with E-state index >= 15 is 0 Å². The van der Waals surface area contributed by atoms with Crippen molar-refractivity contribution in [2.75, 3.05) is 0 Å². The van der Waals surface area contributed by atoms with E-state index in [-0.39, 0.29) is 0 Å². The molecule has 65 valence electrons. The second-order valence-electron chi connectivity index (χ2n) is 2.48. The minimum absolute atomic E-state index is 0.702. The first-order chi connectivity index (χ1) is 6.40. The van der Waals surface area contributed by atoms with Gasteiger partial charge in [0, 0.05) is 6.07 Å². The summed E-state index contributed by atoms with van der Waals surface area (Å²) in [6, 6.07) is 7.45. The maximum atomic E-state index is 4.84. The lowest BCUT2D eigenvalue weighted by Gasteiger charge is -2.02. The van der Waals surface area contributed by atoms with Crippen LogP contribution in [0, 0.1) is 7.11 Å². The molecule has 0 amide bonds. The van der Waals surface area contributed by atoms with Crippen molar-refractivity contribution < 1.29 is 4.74 Å². The van der Waals surface area contributed by atoms with Crippen molar-refractivity contribution in [1.82, 2.24) is 14.8 Å². The van der Waals surface area contributed by atoms with Gasteiger partial charge in [0.05, 0.1) is 5.69 Å². The molecular formula is C9H8N3O. The smallest absolute Gasteiger partial charge is 0.138 e. The first kappa shape index (κ1) is 7.79. The van der Waals surface area contributed by atoms with Crippen molar-refractivity contribution in [2.24, 2.45) is 0 Å². The molecule has 0 atom stereocenters. The maximum absolute atomic E-state index is 4.84. The van der Waals surface area contributed by atoms with Crippen LogP contribution in [0.15, 0.2) is 36.9 Å². The van der Waals surface area contributed by atoms with Crippen LogP contribution in [0.5, 0.6) is 5.75 Å². The van der Waals surface area contributed by atoms with Gasteiger partial charge in [-0.15, -0.1) is 0 Å². The van der Waals surface area contributed by atoms with Crippen LogP contribution in [0.3, 0.4) is 0 Å². The van der Waals surface area contributed by atoms with Crippen LogP contribution < -0.4 is 4.74 Å². The van der Waals surface area contributed by atoms with Crippen molar-refractivity contribution in [3.8, 4) is 11.4 Å². The minimum Gasteiger partial charge on any atom is -0.490 e. The largest absolute Gasteiger partial charge is 0.490 e. The minimum atomic E-state index is 0.702. The number of ether oxygens (including phenoxy) is 1. The van der Waals surface area contributed by atoms with E-state index in [1.165, 1.54) is 6.33 Å². The molecule has 4 heteroatoms. The molecule has 0 aliphatic carbocycles. The van der Waals surface area contributed by atoms with Gasteiger partial charge in [0.1, 0.15) is 25.5 Å². The fraction of sp³-hybridized carbons (Fsp3) is 0. The molecule has 1 radical (unpaired) electrons. The molecule has 1 heterocycles. The van der Waals surface area contributed by atoms with E-state index in [9.17, 15) is 0 Å². The van der Waals surface area contributed by atoms with E-state index < -0.39 is 0 Å². The Labute approximate surface area is 75.8 Å². The first-order valence-corrected chi connectivity index (χ1v) is 3.77. The fourth-order valence-electron chi connectivity index (χ4n) is 1.06. The summed E-state index contributed by atoms with van der Waals surface area (Å²) in [5.41, 5.74) is 0.902. The van der Waals surface area contributed by atoms with Crippen molar-refractivity contribution in [2.45, 2.75) is 0 Å². The van der Waals surface area contributed by atoms with Crippen LogP contribution >= 0.6 is 0 Å². The molecule has 0 unspecified atom stereocenters. The number of aromatic nitrogens is 3. The SMILES string of the molecule is [CH2]Oc1cccc(-n2cncn2)c1. The zero-order chi connectivity index (χ0) is 9.10. The molecule has 0 N–H and O–H groups in total. The highest BCUT2D eigenvalue weighted by molar-refractivity contribution is 5.38. The van der Waals surface area contributed by atoms with E-state index in [2.05, 4.69) is 17.2 Å². The van der Waals surface area contributed by atoms with Gasteiger partial charge in [-0.1, -0.05) is 6.07 Å². The quantitative estimate of drug-likeness (QED) is 0.691. The second kappa shape index (κ2) is 3.26. The molecule has 13 heavy (non-hydrogen) atoms. The average molecular weight is 174 g/mol. The van der Waals surface area contributed by atoms with E-state index in [0.29, 0.717) is 5.75 Å². The van der Waals surface area contributed by atoms with Crippen molar-refractivity contribution >= 4 is 0 Å². The van der Waals surface area contributed by atoms with Crippen molar-refractivity contribution in [1.29, 1.82) is 0 Å². The Kier molecular flexibility index (Phi) is 1.96. The Morgan fingerprint density at radius 1 is 1.38 bits per heavy atom. The predicted octanol–water partition coefficient (Wildman–Crippen LogP) is 1.44. The first-order valence-electron chi connectivity index (χ1n) is 3.77. The third-order valence-electron chi connectivity index (χ3n) is 1.67. The third-order valence-corrected chi connectivity index (χ3v) is 1.67. The van der Waals surface area contributed by atoms with Gasteiger partial charge in [0.25, 0.3) is 0 Å². The molecule has 0 aliphatic rings. The second-order valence-corrected chi connectivity index (χ2v) is 2.48.